The molecule has 2 N–H and O–H groups in total. The first-order valence-electron chi connectivity index (χ1n) is 6.89. The molecule has 0 saturated carbocycles. The number of rotatable bonds is 5. The Balaban J connectivity index is 1.54. The summed E-state index contributed by atoms with van der Waals surface area (Å²) in [5, 5.41) is 13.7. The second-order valence-corrected chi connectivity index (χ2v) is 6.03. The summed E-state index contributed by atoms with van der Waals surface area (Å²) in [6.07, 6.45) is -0.511. The number of fused-ring (bicyclic) bond motifs is 1. The fraction of sp³-hybridized carbons (Fsp3) is 0.267. The maximum absolute atomic E-state index is 13.1. The van der Waals surface area contributed by atoms with Crippen LogP contribution in [0.3, 0.4) is 0 Å². The molecule has 6 nitrogen and oxygen atoms in total. The zero-order valence-electron chi connectivity index (χ0n) is 11.9. The van der Waals surface area contributed by atoms with Gasteiger partial charge in [0.1, 0.15) is 16.6 Å². The quantitative estimate of drug-likeness (QED) is 0.864. The number of aromatic nitrogens is 1. The van der Waals surface area contributed by atoms with Crippen LogP contribution >= 0.6 is 11.3 Å². The van der Waals surface area contributed by atoms with E-state index in [1.165, 1.54) is 29.5 Å². The average molecular weight is 336 g/mol. The summed E-state index contributed by atoms with van der Waals surface area (Å²) >= 11 is 1.29. The molecule has 2 heterocycles. The lowest BCUT2D eigenvalue weighted by atomic mass is 10.1. The first kappa shape index (κ1) is 15.4. The Bertz CT molecular complexity index is 762. The molecule has 0 spiro atoms. The fourth-order valence-corrected chi connectivity index (χ4v) is 3.04. The van der Waals surface area contributed by atoms with Crippen LogP contribution < -0.4 is 10.1 Å². The minimum absolute atomic E-state index is 0.142. The van der Waals surface area contributed by atoms with Crippen molar-refractivity contribution in [1.82, 2.24) is 10.3 Å². The second-order valence-electron chi connectivity index (χ2n) is 5.08. The average Bonchev–Trinajstić information content (AvgIpc) is 3.10. The van der Waals surface area contributed by atoms with E-state index in [1.54, 1.807) is 5.38 Å². The van der Waals surface area contributed by atoms with Gasteiger partial charge in [-0.15, -0.1) is 11.3 Å². The van der Waals surface area contributed by atoms with Crippen molar-refractivity contribution in [3.8, 4) is 5.75 Å². The van der Waals surface area contributed by atoms with E-state index >= 15 is 0 Å². The number of ether oxygens (including phenoxy) is 1. The maximum Gasteiger partial charge on any atom is 0.309 e. The monoisotopic (exact) mass is 336 g/mol. The predicted molar refractivity (Wildman–Crippen MR) is 79.8 cm³/mol. The molecule has 0 saturated heterocycles. The minimum Gasteiger partial charge on any atom is -0.481 e. The largest absolute Gasteiger partial charge is 0.481 e. The van der Waals surface area contributed by atoms with Crippen LogP contribution in [0, 0.1) is 5.82 Å². The van der Waals surface area contributed by atoms with Crippen LogP contribution in [0.1, 0.15) is 16.3 Å². The molecule has 0 bridgehead atoms. The Kier molecular flexibility index (Phi) is 4.24. The van der Waals surface area contributed by atoms with Crippen LogP contribution in [0.5, 0.6) is 5.75 Å². The van der Waals surface area contributed by atoms with Gasteiger partial charge in [0.15, 0.2) is 6.10 Å². The highest BCUT2D eigenvalue weighted by atomic mass is 32.1. The van der Waals surface area contributed by atoms with E-state index in [2.05, 4.69) is 10.3 Å². The van der Waals surface area contributed by atoms with Crippen molar-refractivity contribution in [3.63, 3.8) is 0 Å². The number of carbonyl (C=O) groups is 2. The highest BCUT2D eigenvalue weighted by molar-refractivity contribution is 7.09. The molecule has 0 fully saturated rings. The zero-order chi connectivity index (χ0) is 16.4. The molecule has 1 aromatic heterocycles. The SMILES string of the molecule is O=C(O)Cc1csc(CNC(=O)C2Cc3cc(F)ccc3O2)n1. The number of halogens is 1. The van der Waals surface area contributed by atoms with Gasteiger partial charge in [-0.25, -0.2) is 9.37 Å². The van der Waals surface area contributed by atoms with Crippen molar-refractivity contribution in [2.24, 2.45) is 0 Å². The van der Waals surface area contributed by atoms with Crippen LogP contribution in [-0.2, 0) is 29.0 Å². The Labute approximate surface area is 134 Å². The normalized spacial score (nSPS) is 15.8. The number of amides is 1. The van der Waals surface area contributed by atoms with Crippen molar-refractivity contribution in [2.45, 2.75) is 25.5 Å². The van der Waals surface area contributed by atoms with E-state index in [9.17, 15) is 14.0 Å². The van der Waals surface area contributed by atoms with E-state index < -0.39 is 12.1 Å². The Morgan fingerprint density at radius 2 is 2.30 bits per heavy atom. The molecule has 1 amide bonds. The molecule has 3 rings (SSSR count). The topological polar surface area (TPSA) is 88.5 Å². The van der Waals surface area contributed by atoms with Gasteiger partial charge in [0.05, 0.1) is 18.7 Å². The molecule has 2 aromatic rings. The van der Waals surface area contributed by atoms with Gasteiger partial charge in [0, 0.05) is 17.4 Å². The van der Waals surface area contributed by atoms with Gasteiger partial charge in [0.25, 0.3) is 5.91 Å². The second kappa shape index (κ2) is 6.33. The summed E-state index contributed by atoms with van der Waals surface area (Å²) in [5.41, 5.74) is 1.13. The number of carbonyl (C=O) groups excluding carboxylic acids is 1. The van der Waals surface area contributed by atoms with Crippen LogP contribution in [0.15, 0.2) is 23.6 Å². The Morgan fingerprint density at radius 3 is 3.09 bits per heavy atom. The standard InChI is InChI=1S/C15H13FN2O4S/c16-9-1-2-11-8(3-9)4-12(22-11)15(21)17-6-13-18-10(7-23-13)5-14(19)20/h1-3,7,12H,4-6H2,(H,17,21)(H,19,20). The number of carboxylic acid groups (broad SMARTS) is 1. The highest BCUT2D eigenvalue weighted by Crippen LogP contribution is 2.29. The molecule has 8 heteroatoms. The molecule has 0 radical (unpaired) electrons. The van der Waals surface area contributed by atoms with Gasteiger partial charge in [-0.3, -0.25) is 9.59 Å². The van der Waals surface area contributed by atoms with Crippen molar-refractivity contribution in [1.29, 1.82) is 0 Å². The van der Waals surface area contributed by atoms with E-state index in [-0.39, 0.29) is 24.7 Å². The molecule has 23 heavy (non-hydrogen) atoms. The third-order valence-corrected chi connectivity index (χ3v) is 4.23. The molecule has 1 aliphatic rings. The molecule has 1 unspecified atom stereocenters. The lowest BCUT2D eigenvalue weighted by Crippen LogP contribution is -2.37. The molecule has 1 atom stereocenters. The maximum atomic E-state index is 13.1. The van der Waals surface area contributed by atoms with Crippen LogP contribution in [0.25, 0.3) is 0 Å². The number of carboxylic acids is 1. The predicted octanol–water partition coefficient (Wildman–Crippen LogP) is 1.53. The van der Waals surface area contributed by atoms with E-state index in [1.807, 2.05) is 0 Å². The third kappa shape index (κ3) is 3.65. The van der Waals surface area contributed by atoms with Crippen molar-refractivity contribution in [3.05, 3.63) is 45.7 Å². The highest BCUT2D eigenvalue weighted by Gasteiger charge is 2.29. The first-order valence-corrected chi connectivity index (χ1v) is 7.77. The zero-order valence-corrected chi connectivity index (χ0v) is 12.7. The summed E-state index contributed by atoms with van der Waals surface area (Å²) in [6.45, 7) is 0.202. The lowest BCUT2D eigenvalue weighted by Gasteiger charge is -2.10. The molecule has 1 aliphatic heterocycles. The number of hydrogen-bond acceptors (Lipinski definition) is 5. The Morgan fingerprint density at radius 1 is 1.48 bits per heavy atom. The number of nitrogens with one attached hydrogen (secondary N) is 1. The Hall–Kier alpha value is -2.48. The minimum atomic E-state index is -0.949. The van der Waals surface area contributed by atoms with Gasteiger partial charge in [-0.1, -0.05) is 0 Å². The van der Waals surface area contributed by atoms with Gasteiger partial charge < -0.3 is 15.2 Å². The third-order valence-electron chi connectivity index (χ3n) is 3.34. The molecule has 0 aliphatic carbocycles. The lowest BCUT2D eigenvalue weighted by molar-refractivity contribution is -0.136. The molecular formula is C15H13FN2O4S. The van der Waals surface area contributed by atoms with Crippen molar-refractivity contribution in [2.75, 3.05) is 0 Å². The smallest absolute Gasteiger partial charge is 0.309 e. The van der Waals surface area contributed by atoms with Crippen molar-refractivity contribution < 1.29 is 23.8 Å². The van der Waals surface area contributed by atoms with Crippen molar-refractivity contribution >= 4 is 23.2 Å². The van der Waals surface area contributed by atoms with Crippen LogP contribution in [-0.4, -0.2) is 28.1 Å². The van der Waals surface area contributed by atoms with Gasteiger partial charge >= 0.3 is 5.97 Å². The van der Waals surface area contributed by atoms with E-state index in [4.69, 9.17) is 9.84 Å². The fourth-order valence-electron chi connectivity index (χ4n) is 2.31. The summed E-state index contributed by atoms with van der Waals surface area (Å²) in [4.78, 5) is 26.8. The van der Waals surface area contributed by atoms with Gasteiger partial charge in [-0.05, 0) is 18.2 Å². The summed E-state index contributed by atoms with van der Waals surface area (Å²) in [7, 11) is 0. The molecular weight excluding hydrogens is 323 g/mol. The summed E-state index contributed by atoms with van der Waals surface area (Å²) < 4.78 is 18.6. The van der Waals surface area contributed by atoms with Crippen LogP contribution in [0.2, 0.25) is 0 Å². The number of benzene rings is 1. The number of aliphatic carboxylic acids is 1. The first-order chi connectivity index (χ1) is 11.0. The van der Waals surface area contributed by atoms with E-state index in [0.717, 1.165) is 0 Å². The number of nitrogens with zero attached hydrogens (tertiary/aromatic N) is 1. The summed E-state index contributed by atoms with van der Waals surface area (Å²) in [6, 6.07) is 4.16. The summed E-state index contributed by atoms with van der Waals surface area (Å²) in [5.74, 6) is -1.10. The van der Waals surface area contributed by atoms with Crippen LogP contribution in [0.4, 0.5) is 4.39 Å². The van der Waals surface area contributed by atoms with Gasteiger partial charge in [0.2, 0.25) is 0 Å². The van der Waals surface area contributed by atoms with Gasteiger partial charge in [-0.2, -0.15) is 0 Å². The molecule has 120 valence electrons. The number of hydrogen-bond donors (Lipinski definition) is 2. The van der Waals surface area contributed by atoms with E-state index in [0.29, 0.717) is 28.4 Å². The molecule has 1 aromatic carbocycles. The number of thiazole rings is 1.